The van der Waals surface area contributed by atoms with Crippen LogP contribution in [-0.4, -0.2) is 34.1 Å². The first kappa shape index (κ1) is 19.6. The van der Waals surface area contributed by atoms with Gasteiger partial charge in [-0.2, -0.15) is 5.10 Å². The van der Waals surface area contributed by atoms with Crippen LogP contribution >= 0.6 is 0 Å². The van der Waals surface area contributed by atoms with E-state index in [0.717, 1.165) is 0 Å². The topological polar surface area (TPSA) is 133 Å². The second-order valence-electron chi connectivity index (χ2n) is 6.38. The van der Waals surface area contributed by atoms with Crippen LogP contribution in [-0.2, 0) is 16.6 Å². The summed E-state index contributed by atoms with van der Waals surface area (Å²) in [5.41, 5.74) is 2.01. The van der Waals surface area contributed by atoms with Gasteiger partial charge >= 0.3 is 0 Å². The Balaban J connectivity index is 1.59. The molecular formula is C19H15FN6O3S. The van der Waals surface area contributed by atoms with Gasteiger partial charge in [0.15, 0.2) is 5.03 Å². The second-order valence-corrected chi connectivity index (χ2v) is 7.89. The molecular weight excluding hydrogens is 411 g/mol. The maximum Gasteiger partial charge on any atom is 0.255 e. The van der Waals surface area contributed by atoms with Gasteiger partial charge in [-0.05, 0) is 42.0 Å². The maximum absolute atomic E-state index is 13.2. The zero-order chi connectivity index (χ0) is 21.3. The van der Waals surface area contributed by atoms with Gasteiger partial charge < -0.3 is 5.32 Å². The molecule has 0 aliphatic heterocycles. The van der Waals surface area contributed by atoms with Gasteiger partial charge in [0.1, 0.15) is 5.82 Å². The molecule has 0 bridgehead atoms. The lowest BCUT2D eigenvalue weighted by molar-refractivity contribution is 0.0952. The second kappa shape index (κ2) is 7.61. The Hall–Kier alpha value is -3.70. The minimum atomic E-state index is -3.94. The number of carbonyl (C=O) groups excluding carboxylic acids is 1. The van der Waals surface area contributed by atoms with Crippen molar-refractivity contribution in [3.8, 4) is 5.69 Å². The first-order chi connectivity index (χ1) is 14.3. The molecule has 0 saturated heterocycles. The molecule has 1 amide bonds. The molecule has 0 atom stereocenters. The van der Waals surface area contributed by atoms with Crippen molar-refractivity contribution in [3.05, 3.63) is 78.1 Å². The van der Waals surface area contributed by atoms with Crippen molar-refractivity contribution in [2.24, 2.45) is 5.14 Å². The molecule has 0 radical (unpaired) electrons. The molecule has 9 nitrogen and oxygen atoms in total. The van der Waals surface area contributed by atoms with E-state index in [0.29, 0.717) is 27.7 Å². The zero-order valence-electron chi connectivity index (χ0n) is 15.4. The number of nitrogens with two attached hydrogens (primary N) is 1. The number of amides is 1. The van der Waals surface area contributed by atoms with E-state index >= 15 is 0 Å². The van der Waals surface area contributed by atoms with Crippen LogP contribution in [0.1, 0.15) is 15.9 Å². The fraction of sp³-hybridized carbons (Fsp3) is 0.0526. The van der Waals surface area contributed by atoms with Crippen molar-refractivity contribution in [2.45, 2.75) is 11.6 Å². The van der Waals surface area contributed by atoms with Crippen molar-refractivity contribution >= 4 is 26.8 Å². The molecule has 4 aromatic rings. The highest BCUT2D eigenvalue weighted by molar-refractivity contribution is 7.89. The third kappa shape index (κ3) is 3.88. The Kier molecular flexibility index (Phi) is 4.98. The van der Waals surface area contributed by atoms with E-state index in [2.05, 4.69) is 20.4 Å². The van der Waals surface area contributed by atoms with E-state index in [-0.39, 0.29) is 17.4 Å². The van der Waals surface area contributed by atoms with Crippen molar-refractivity contribution in [3.63, 3.8) is 0 Å². The Morgan fingerprint density at radius 2 is 1.90 bits per heavy atom. The van der Waals surface area contributed by atoms with Crippen LogP contribution in [0.2, 0.25) is 0 Å². The molecule has 11 heteroatoms. The minimum Gasteiger partial charge on any atom is -0.348 e. The van der Waals surface area contributed by atoms with Crippen molar-refractivity contribution in [2.75, 3.05) is 0 Å². The summed E-state index contributed by atoms with van der Waals surface area (Å²) in [5, 5.41) is 12.4. The number of halogens is 1. The molecule has 152 valence electrons. The van der Waals surface area contributed by atoms with Crippen LogP contribution in [0.4, 0.5) is 4.39 Å². The Morgan fingerprint density at radius 3 is 2.63 bits per heavy atom. The van der Waals surface area contributed by atoms with Gasteiger partial charge in [0.05, 0.1) is 29.2 Å². The number of primary sulfonamides is 1. The molecule has 0 spiro atoms. The normalized spacial score (nSPS) is 11.5. The van der Waals surface area contributed by atoms with Crippen molar-refractivity contribution < 1.29 is 17.6 Å². The highest BCUT2D eigenvalue weighted by atomic mass is 32.2. The largest absolute Gasteiger partial charge is 0.348 e. The monoisotopic (exact) mass is 426 g/mol. The molecule has 4 rings (SSSR count). The number of nitrogens with one attached hydrogen (secondary N) is 1. The van der Waals surface area contributed by atoms with Gasteiger partial charge in [-0.1, -0.05) is 0 Å². The van der Waals surface area contributed by atoms with Gasteiger partial charge in [-0.15, -0.1) is 0 Å². The molecule has 0 saturated carbocycles. The van der Waals surface area contributed by atoms with Crippen LogP contribution in [0.15, 0.2) is 66.2 Å². The highest BCUT2D eigenvalue weighted by Crippen LogP contribution is 2.21. The number of hydrogen-bond donors (Lipinski definition) is 2. The fourth-order valence-electron chi connectivity index (χ4n) is 2.90. The molecule has 0 aliphatic carbocycles. The van der Waals surface area contributed by atoms with Gasteiger partial charge in [-0.25, -0.2) is 27.6 Å². The van der Waals surface area contributed by atoms with Crippen LogP contribution in [0.3, 0.4) is 0 Å². The van der Waals surface area contributed by atoms with Crippen LogP contribution in [0.5, 0.6) is 0 Å². The lowest BCUT2D eigenvalue weighted by Crippen LogP contribution is -2.23. The summed E-state index contributed by atoms with van der Waals surface area (Å²) in [6.45, 7) is 0.0619. The molecule has 0 fully saturated rings. The number of fused-ring (bicyclic) bond motifs is 1. The van der Waals surface area contributed by atoms with Crippen LogP contribution < -0.4 is 10.5 Å². The molecule has 3 N–H and O–H groups in total. The molecule has 3 heterocycles. The molecule has 3 aromatic heterocycles. The average molecular weight is 426 g/mol. The summed E-state index contributed by atoms with van der Waals surface area (Å²) < 4.78 is 37.6. The summed E-state index contributed by atoms with van der Waals surface area (Å²) in [6.07, 6.45) is 5.80. The standard InChI is InChI=1S/C19H15FN6O3S/c20-13-1-3-14(4-2-13)26-17-11-22-9-16(15(17)10-25-26)19(27)24-8-12-5-6-23-18(7-12)30(21,28)29/h1-7,9-11H,8H2,(H,24,27)(H2,21,28,29). The first-order valence-corrected chi connectivity index (χ1v) is 10.2. The number of rotatable bonds is 5. The Morgan fingerprint density at radius 1 is 1.13 bits per heavy atom. The summed E-state index contributed by atoms with van der Waals surface area (Å²) >= 11 is 0. The number of benzene rings is 1. The van der Waals surface area contributed by atoms with Crippen LogP contribution in [0.25, 0.3) is 16.6 Å². The number of pyridine rings is 2. The number of carbonyl (C=O) groups is 1. The van der Waals surface area contributed by atoms with E-state index in [9.17, 15) is 17.6 Å². The van der Waals surface area contributed by atoms with E-state index in [1.165, 1.54) is 36.8 Å². The summed E-state index contributed by atoms with van der Waals surface area (Å²) in [4.78, 5) is 20.5. The minimum absolute atomic E-state index is 0.0619. The van der Waals surface area contributed by atoms with Crippen LogP contribution in [0, 0.1) is 5.82 Å². The molecule has 30 heavy (non-hydrogen) atoms. The first-order valence-electron chi connectivity index (χ1n) is 8.66. The van der Waals surface area contributed by atoms with Gasteiger partial charge in [0.25, 0.3) is 15.9 Å². The molecule has 1 aromatic carbocycles. The summed E-state index contributed by atoms with van der Waals surface area (Å²) in [6, 6.07) is 8.64. The van der Waals surface area contributed by atoms with Crippen molar-refractivity contribution in [1.29, 1.82) is 0 Å². The zero-order valence-corrected chi connectivity index (χ0v) is 16.2. The molecule has 0 unspecified atom stereocenters. The average Bonchev–Trinajstić information content (AvgIpc) is 3.16. The third-order valence-electron chi connectivity index (χ3n) is 4.36. The number of aromatic nitrogens is 4. The summed E-state index contributed by atoms with van der Waals surface area (Å²) in [7, 11) is -3.94. The predicted molar refractivity (Wildman–Crippen MR) is 106 cm³/mol. The van der Waals surface area contributed by atoms with E-state index in [1.807, 2.05) is 0 Å². The maximum atomic E-state index is 13.2. The lowest BCUT2D eigenvalue weighted by Gasteiger charge is -2.08. The van der Waals surface area contributed by atoms with E-state index in [1.54, 1.807) is 29.1 Å². The SMILES string of the molecule is NS(=O)(=O)c1cc(CNC(=O)c2cncc3c2cnn3-c2ccc(F)cc2)ccn1. The van der Waals surface area contributed by atoms with Gasteiger partial charge in [0.2, 0.25) is 0 Å². The molecule has 0 aliphatic rings. The highest BCUT2D eigenvalue weighted by Gasteiger charge is 2.15. The van der Waals surface area contributed by atoms with E-state index < -0.39 is 15.9 Å². The number of sulfonamides is 1. The summed E-state index contributed by atoms with van der Waals surface area (Å²) in [5.74, 6) is -0.782. The van der Waals surface area contributed by atoms with Gasteiger partial charge in [-0.3, -0.25) is 9.78 Å². The van der Waals surface area contributed by atoms with E-state index in [4.69, 9.17) is 5.14 Å². The number of nitrogens with zero attached hydrogens (tertiary/aromatic N) is 4. The smallest absolute Gasteiger partial charge is 0.255 e. The quantitative estimate of drug-likeness (QED) is 0.497. The Bertz CT molecular complexity index is 1350. The van der Waals surface area contributed by atoms with Gasteiger partial charge in [0, 0.05) is 24.3 Å². The third-order valence-corrected chi connectivity index (χ3v) is 5.16. The predicted octanol–water partition coefficient (Wildman–Crippen LogP) is 1.53. The Labute approximate surface area is 170 Å². The fourth-order valence-corrected chi connectivity index (χ4v) is 3.43. The van der Waals surface area contributed by atoms with Crippen molar-refractivity contribution in [1.82, 2.24) is 25.1 Å². The number of hydrogen-bond acceptors (Lipinski definition) is 6. The lowest BCUT2D eigenvalue weighted by atomic mass is 10.1.